The van der Waals surface area contributed by atoms with Crippen LogP contribution < -0.4 is 9.47 Å². The van der Waals surface area contributed by atoms with E-state index in [4.69, 9.17) is 9.47 Å². The molecule has 2 rings (SSSR count). The zero-order valence-electron chi connectivity index (χ0n) is 11.7. The Hall–Kier alpha value is -2.67. The average molecular weight is 307 g/mol. The van der Waals surface area contributed by atoms with Gasteiger partial charge in [-0.2, -0.15) is 0 Å². The first-order valence-electron chi connectivity index (χ1n) is 6.40. The second-order valence-corrected chi connectivity index (χ2v) is 4.47. The van der Waals surface area contributed by atoms with Gasteiger partial charge in [0, 0.05) is 0 Å². The number of nitrogens with zero attached hydrogens (tertiary/aromatic N) is 1. The fourth-order valence-electron chi connectivity index (χ4n) is 1.84. The molecule has 1 N–H and O–H groups in total. The van der Waals surface area contributed by atoms with Crippen LogP contribution >= 0.6 is 0 Å². The van der Waals surface area contributed by atoms with E-state index in [1.165, 1.54) is 49.6 Å². The number of methoxy groups -OCH3 is 1. The third-order valence-electron chi connectivity index (χ3n) is 3.01. The topological polar surface area (TPSA) is 81.8 Å². The van der Waals surface area contributed by atoms with Crippen LogP contribution in [0.4, 0.5) is 10.1 Å². The van der Waals surface area contributed by atoms with Crippen molar-refractivity contribution in [2.75, 3.05) is 13.7 Å². The highest BCUT2D eigenvalue weighted by Crippen LogP contribution is 2.31. The van der Waals surface area contributed by atoms with Crippen LogP contribution in [0.5, 0.6) is 11.5 Å². The first-order valence-corrected chi connectivity index (χ1v) is 6.40. The van der Waals surface area contributed by atoms with Crippen molar-refractivity contribution in [3.05, 3.63) is 64.0 Å². The molecule has 0 radical (unpaired) electrons. The molecule has 0 aliphatic carbocycles. The fraction of sp³-hybridized carbons (Fsp3) is 0.200. The number of aliphatic hydroxyl groups is 1. The van der Waals surface area contributed by atoms with Crippen molar-refractivity contribution < 1.29 is 23.9 Å². The molecule has 0 spiro atoms. The van der Waals surface area contributed by atoms with Crippen LogP contribution in [0, 0.1) is 15.9 Å². The minimum absolute atomic E-state index is 0.0203. The number of aliphatic hydroxyl groups excluding tert-OH is 1. The Kier molecular flexibility index (Phi) is 4.90. The maximum Gasteiger partial charge on any atom is 0.314 e. The van der Waals surface area contributed by atoms with Crippen molar-refractivity contribution in [2.24, 2.45) is 0 Å². The molecule has 0 bridgehead atoms. The number of nitro groups is 1. The standard InChI is InChI=1S/C15H14FNO5/c1-21-12-6-7-15(13(8-12)17(19)20)22-9-14(18)10-2-4-11(16)5-3-10/h2-8,14,18H,9H2,1H3. The van der Waals surface area contributed by atoms with Gasteiger partial charge in [-0.15, -0.1) is 0 Å². The number of rotatable bonds is 6. The van der Waals surface area contributed by atoms with E-state index in [0.29, 0.717) is 11.3 Å². The average Bonchev–Trinajstić information content (AvgIpc) is 2.53. The Bertz CT molecular complexity index is 659. The summed E-state index contributed by atoms with van der Waals surface area (Å²) >= 11 is 0. The number of benzene rings is 2. The molecule has 7 heteroatoms. The fourth-order valence-corrected chi connectivity index (χ4v) is 1.84. The largest absolute Gasteiger partial charge is 0.496 e. The SMILES string of the molecule is COc1ccc(OCC(O)c2ccc(F)cc2)c([N+](=O)[O-])c1. The molecular formula is C15H14FNO5. The Balaban J connectivity index is 2.10. The van der Waals surface area contributed by atoms with E-state index in [9.17, 15) is 19.6 Å². The van der Waals surface area contributed by atoms with E-state index in [-0.39, 0.29) is 18.0 Å². The molecule has 22 heavy (non-hydrogen) atoms. The first kappa shape index (κ1) is 15.7. The Morgan fingerprint density at radius 3 is 2.55 bits per heavy atom. The van der Waals surface area contributed by atoms with Crippen LogP contribution in [0.2, 0.25) is 0 Å². The highest BCUT2D eigenvalue weighted by atomic mass is 19.1. The van der Waals surface area contributed by atoms with Gasteiger partial charge >= 0.3 is 5.69 Å². The number of hydrogen-bond donors (Lipinski definition) is 1. The number of hydrogen-bond acceptors (Lipinski definition) is 5. The Labute approximate surface area is 125 Å². The molecule has 0 fully saturated rings. The van der Waals surface area contributed by atoms with Gasteiger partial charge in [0.15, 0.2) is 5.75 Å². The van der Waals surface area contributed by atoms with Gasteiger partial charge in [-0.3, -0.25) is 10.1 Å². The minimum Gasteiger partial charge on any atom is -0.496 e. The zero-order valence-corrected chi connectivity index (χ0v) is 11.7. The van der Waals surface area contributed by atoms with E-state index in [1.807, 2.05) is 0 Å². The van der Waals surface area contributed by atoms with Gasteiger partial charge in [0.2, 0.25) is 0 Å². The van der Waals surface area contributed by atoms with E-state index in [1.54, 1.807) is 0 Å². The van der Waals surface area contributed by atoms with Crippen molar-refractivity contribution in [3.8, 4) is 11.5 Å². The van der Waals surface area contributed by atoms with Gasteiger partial charge < -0.3 is 14.6 Å². The van der Waals surface area contributed by atoms with Crippen LogP contribution in [0.3, 0.4) is 0 Å². The zero-order chi connectivity index (χ0) is 16.1. The van der Waals surface area contributed by atoms with Gasteiger partial charge in [0.05, 0.1) is 18.1 Å². The molecule has 2 aromatic carbocycles. The third-order valence-corrected chi connectivity index (χ3v) is 3.01. The minimum atomic E-state index is -1.03. The lowest BCUT2D eigenvalue weighted by molar-refractivity contribution is -0.386. The Morgan fingerprint density at radius 1 is 1.27 bits per heavy atom. The first-order chi connectivity index (χ1) is 10.5. The summed E-state index contributed by atoms with van der Waals surface area (Å²) in [5, 5.41) is 21.0. The molecule has 0 saturated heterocycles. The summed E-state index contributed by atoms with van der Waals surface area (Å²) < 4.78 is 23.0. The van der Waals surface area contributed by atoms with Gasteiger partial charge in [0.1, 0.15) is 24.3 Å². The second-order valence-electron chi connectivity index (χ2n) is 4.47. The summed E-state index contributed by atoms with van der Waals surface area (Å²) in [6, 6.07) is 9.43. The summed E-state index contributed by atoms with van der Waals surface area (Å²) in [4.78, 5) is 10.4. The van der Waals surface area contributed by atoms with Gasteiger partial charge in [-0.25, -0.2) is 4.39 Å². The van der Waals surface area contributed by atoms with Crippen molar-refractivity contribution in [3.63, 3.8) is 0 Å². The van der Waals surface area contributed by atoms with E-state index >= 15 is 0 Å². The summed E-state index contributed by atoms with van der Waals surface area (Å²) in [6.45, 7) is -0.196. The molecule has 0 aliphatic rings. The molecule has 0 amide bonds. The monoisotopic (exact) mass is 307 g/mol. The number of ether oxygens (including phenoxy) is 2. The van der Waals surface area contributed by atoms with Crippen molar-refractivity contribution >= 4 is 5.69 Å². The molecule has 0 heterocycles. The Morgan fingerprint density at radius 2 is 1.95 bits per heavy atom. The summed E-state index contributed by atoms with van der Waals surface area (Å²) in [7, 11) is 1.40. The molecule has 0 aromatic heterocycles. The maximum atomic E-state index is 12.8. The predicted octanol–water partition coefficient (Wildman–Crippen LogP) is 2.85. The number of halogens is 1. The van der Waals surface area contributed by atoms with Gasteiger partial charge in [0.25, 0.3) is 0 Å². The lowest BCUT2D eigenvalue weighted by Crippen LogP contribution is -2.10. The summed E-state index contributed by atoms with van der Waals surface area (Å²) in [5.41, 5.74) is 0.197. The van der Waals surface area contributed by atoms with Crippen LogP contribution in [0.15, 0.2) is 42.5 Å². The van der Waals surface area contributed by atoms with Crippen LogP contribution in [0.25, 0.3) is 0 Å². The van der Waals surface area contributed by atoms with E-state index in [2.05, 4.69) is 0 Å². The van der Waals surface area contributed by atoms with Crippen LogP contribution in [-0.4, -0.2) is 23.7 Å². The molecule has 1 atom stereocenters. The lowest BCUT2D eigenvalue weighted by Gasteiger charge is -2.13. The highest BCUT2D eigenvalue weighted by molar-refractivity contribution is 5.50. The van der Waals surface area contributed by atoms with E-state index < -0.39 is 16.8 Å². The van der Waals surface area contributed by atoms with Crippen molar-refractivity contribution in [1.29, 1.82) is 0 Å². The molecular weight excluding hydrogens is 293 g/mol. The lowest BCUT2D eigenvalue weighted by atomic mass is 10.1. The number of nitro benzene ring substituents is 1. The predicted molar refractivity (Wildman–Crippen MR) is 76.5 cm³/mol. The normalized spacial score (nSPS) is 11.8. The van der Waals surface area contributed by atoms with Gasteiger partial charge in [-0.05, 0) is 29.8 Å². The molecule has 1 unspecified atom stereocenters. The quantitative estimate of drug-likeness (QED) is 0.655. The van der Waals surface area contributed by atoms with Crippen LogP contribution in [-0.2, 0) is 0 Å². The molecule has 6 nitrogen and oxygen atoms in total. The molecule has 116 valence electrons. The van der Waals surface area contributed by atoms with Gasteiger partial charge in [-0.1, -0.05) is 12.1 Å². The summed E-state index contributed by atoms with van der Waals surface area (Å²) in [5.74, 6) is -0.0623. The molecule has 0 aliphatic heterocycles. The van der Waals surface area contributed by atoms with Crippen LogP contribution in [0.1, 0.15) is 11.7 Å². The van der Waals surface area contributed by atoms with Crippen molar-refractivity contribution in [2.45, 2.75) is 6.10 Å². The molecule has 2 aromatic rings. The molecule has 0 saturated carbocycles. The third kappa shape index (κ3) is 3.70. The highest BCUT2D eigenvalue weighted by Gasteiger charge is 2.18. The second kappa shape index (κ2) is 6.86. The smallest absolute Gasteiger partial charge is 0.314 e. The van der Waals surface area contributed by atoms with E-state index in [0.717, 1.165) is 0 Å². The maximum absolute atomic E-state index is 12.8. The van der Waals surface area contributed by atoms with Crippen molar-refractivity contribution in [1.82, 2.24) is 0 Å². The summed E-state index contributed by atoms with van der Waals surface area (Å²) in [6.07, 6.45) is -1.03.